The van der Waals surface area contributed by atoms with Gasteiger partial charge in [0.05, 0.1) is 25.8 Å². The second kappa shape index (κ2) is 10.2. The number of anilines is 1. The molecule has 1 fully saturated rings. The van der Waals surface area contributed by atoms with Gasteiger partial charge in [-0.1, -0.05) is 12.1 Å². The Hall–Kier alpha value is -2.42. The van der Waals surface area contributed by atoms with E-state index in [-0.39, 0.29) is 24.2 Å². The summed E-state index contributed by atoms with van der Waals surface area (Å²) in [6.07, 6.45) is 3.82. The van der Waals surface area contributed by atoms with Gasteiger partial charge in [0, 0.05) is 37.6 Å². The molecule has 0 aliphatic carbocycles. The molecule has 2 heterocycles. The highest BCUT2D eigenvalue weighted by atomic mass is 35.5. The summed E-state index contributed by atoms with van der Waals surface area (Å²) in [6, 6.07) is 6.88. The van der Waals surface area contributed by atoms with Gasteiger partial charge >= 0.3 is 0 Å². The van der Waals surface area contributed by atoms with Gasteiger partial charge in [-0.25, -0.2) is 0 Å². The average molecular weight is 408 g/mol. The summed E-state index contributed by atoms with van der Waals surface area (Å²) in [7, 11) is 3.54. The number of carbonyl (C=O) groups is 2. The molecule has 8 nitrogen and oxygen atoms in total. The Kier molecular flexibility index (Phi) is 7.98. The number of carbonyl (C=O) groups excluding carboxylic acids is 2. The first-order valence-corrected chi connectivity index (χ1v) is 8.98. The van der Waals surface area contributed by atoms with Crippen LogP contribution >= 0.6 is 12.4 Å². The molecule has 2 N–H and O–H groups in total. The third-order valence-electron chi connectivity index (χ3n) is 4.55. The zero-order chi connectivity index (χ0) is 19.2. The molecule has 2 aromatic rings. The van der Waals surface area contributed by atoms with Gasteiger partial charge in [-0.3, -0.25) is 14.3 Å². The average Bonchev–Trinajstić information content (AvgIpc) is 3.10. The van der Waals surface area contributed by atoms with E-state index >= 15 is 0 Å². The zero-order valence-electron chi connectivity index (χ0n) is 16.1. The minimum absolute atomic E-state index is 0. The molecule has 1 aromatic heterocycles. The monoisotopic (exact) mass is 407 g/mol. The number of hydrogen-bond acceptors (Lipinski definition) is 5. The third-order valence-corrected chi connectivity index (χ3v) is 4.55. The number of nitrogens with zero attached hydrogens (tertiary/aromatic N) is 3. The molecule has 2 amide bonds. The van der Waals surface area contributed by atoms with E-state index in [1.807, 2.05) is 36.2 Å². The quantitative estimate of drug-likeness (QED) is 0.749. The van der Waals surface area contributed by atoms with E-state index in [1.165, 1.54) is 0 Å². The molecule has 0 bridgehead atoms. The fraction of sp³-hybridized carbons (Fsp3) is 0.421. The van der Waals surface area contributed by atoms with Crippen molar-refractivity contribution in [3.05, 3.63) is 47.8 Å². The van der Waals surface area contributed by atoms with Crippen LogP contribution in [0.3, 0.4) is 0 Å². The standard InChI is InChI=1S/C19H25N5O3.ClH/c1-20-18(15-12-21-23(2)13-15)19(26)22-16-5-3-14(4-6-16)11-17(25)24-7-9-27-10-8-24;/h3-6,12-13,18,20H,7-11H2,1-2H3,(H,22,26);1H. The number of hydrogen-bond donors (Lipinski definition) is 2. The van der Waals surface area contributed by atoms with Crippen LogP contribution in [0.15, 0.2) is 36.7 Å². The van der Waals surface area contributed by atoms with Gasteiger partial charge in [-0.05, 0) is 24.7 Å². The molecule has 3 rings (SSSR count). The van der Waals surface area contributed by atoms with Crippen molar-refractivity contribution >= 4 is 29.9 Å². The Balaban J connectivity index is 0.00000280. The minimum Gasteiger partial charge on any atom is -0.378 e. The van der Waals surface area contributed by atoms with Crippen molar-refractivity contribution in [2.45, 2.75) is 12.5 Å². The molecule has 1 atom stereocenters. The van der Waals surface area contributed by atoms with Crippen molar-refractivity contribution in [3.63, 3.8) is 0 Å². The largest absolute Gasteiger partial charge is 0.378 e. The van der Waals surface area contributed by atoms with Crippen molar-refractivity contribution in [1.82, 2.24) is 20.0 Å². The fourth-order valence-corrected chi connectivity index (χ4v) is 3.06. The van der Waals surface area contributed by atoms with Gasteiger partial charge in [0.25, 0.3) is 0 Å². The van der Waals surface area contributed by atoms with E-state index in [0.29, 0.717) is 38.4 Å². The Morgan fingerprint density at radius 2 is 1.89 bits per heavy atom. The van der Waals surface area contributed by atoms with Crippen LogP contribution in [0.25, 0.3) is 0 Å². The lowest BCUT2D eigenvalue weighted by molar-refractivity contribution is -0.134. The first-order valence-electron chi connectivity index (χ1n) is 8.98. The van der Waals surface area contributed by atoms with Gasteiger partial charge in [-0.2, -0.15) is 5.10 Å². The number of halogens is 1. The van der Waals surface area contributed by atoms with E-state index in [0.717, 1.165) is 11.1 Å². The number of benzene rings is 1. The topological polar surface area (TPSA) is 88.5 Å². The summed E-state index contributed by atoms with van der Waals surface area (Å²) in [5.41, 5.74) is 2.40. The maximum Gasteiger partial charge on any atom is 0.246 e. The Morgan fingerprint density at radius 1 is 1.21 bits per heavy atom. The molecule has 9 heteroatoms. The Labute approximate surface area is 170 Å². The van der Waals surface area contributed by atoms with E-state index in [4.69, 9.17) is 4.74 Å². The van der Waals surface area contributed by atoms with Crippen molar-refractivity contribution in [1.29, 1.82) is 0 Å². The van der Waals surface area contributed by atoms with E-state index < -0.39 is 6.04 Å². The lowest BCUT2D eigenvalue weighted by Crippen LogP contribution is -2.41. The van der Waals surface area contributed by atoms with Gasteiger partial charge < -0.3 is 20.3 Å². The molecule has 0 spiro atoms. The van der Waals surface area contributed by atoms with Crippen LogP contribution in [0.1, 0.15) is 17.2 Å². The number of amides is 2. The normalized spacial score (nSPS) is 14.9. The maximum atomic E-state index is 12.5. The van der Waals surface area contributed by atoms with Crippen molar-refractivity contribution in [3.8, 4) is 0 Å². The predicted octanol–water partition coefficient (Wildman–Crippen LogP) is 1.14. The molecule has 1 unspecified atom stereocenters. The lowest BCUT2D eigenvalue weighted by Gasteiger charge is -2.26. The van der Waals surface area contributed by atoms with Crippen LogP contribution in [-0.2, 0) is 27.8 Å². The van der Waals surface area contributed by atoms with Crippen LogP contribution in [0.5, 0.6) is 0 Å². The summed E-state index contributed by atoms with van der Waals surface area (Å²) in [5.74, 6) is -0.0652. The highest BCUT2D eigenvalue weighted by Gasteiger charge is 2.20. The van der Waals surface area contributed by atoms with Crippen LogP contribution in [0.4, 0.5) is 5.69 Å². The predicted molar refractivity (Wildman–Crippen MR) is 108 cm³/mol. The zero-order valence-corrected chi connectivity index (χ0v) is 16.9. The highest BCUT2D eigenvalue weighted by molar-refractivity contribution is 5.95. The third kappa shape index (κ3) is 5.54. The minimum atomic E-state index is -0.485. The van der Waals surface area contributed by atoms with Crippen molar-refractivity contribution in [2.75, 3.05) is 38.7 Å². The van der Waals surface area contributed by atoms with Crippen LogP contribution in [0.2, 0.25) is 0 Å². The first kappa shape index (κ1) is 21.9. The molecule has 1 aliphatic rings. The van der Waals surface area contributed by atoms with Crippen LogP contribution in [-0.4, -0.2) is 59.8 Å². The Morgan fingerprint density at radius 3 is 2.46 bits per heavy atom. The highest BCUT2D eigenvalue weighted by Crippen LogP contribution is 2.16. The van der Waals surface area contributed by atoms with E-state index in [2.05, 4.69) is 15.7 Å². The molecule has 152 valence electrons. The summed E-state index contributed by atoms with van der Waals surface area (Å²) >= 11 is 0. The van der Waals surface area contributed by atoms with Gasteiger partial charge in [0.2, 0.25) is 11.8 Å². The van der Waals surface area contributed by atoms with Crippen LogP contribution < -0.4 is 10.6 Å². The molecular formula is C19H26ClN5O3. The number of aromatic nitrogens is 2. The smallest absolute Gasteiger partial charge is 0.246 e. The molecule has 0 saturated carbocycles. The molecule has 1 aromatic carbocycles. The molecule has 1 saturated heterocycles. The number of ether oxygens (including phenoxy) is 1. The van der Waals surface area contributed by atoms with Crippen LogP contribution in [0, 0.1) is 0 Å². The number of nitrogens with one attached hydrogen (secondary N) is 2. The van der Waals surface area contributed by atoms with E-state index in [1.54, 1.807) is 24.1 Å². The summed E-state index contributed by atoms with van der Waals surface area (Å²) < 4.78 is 6.93. The number of aryl methyl sites for hydroxylation is 1. The summed E-state index contributed by atoms with van der Waals surface area (Å²) in [5, 5.41) is 10.00. The first-order chi connectivity index (χ1) is 13.1. The van der Waals surface area contributed by atoms with Gasteiger partial charge in [0.1, 0.15) is 6.04 Å². The lowest BCUT2D eigenvalue weighted by atomic mass is 10.1. The number of likely N-dealkylation sites (N-methyl/N-ethyl adjacent to an activating group) is 1. The van der Waals surface area contributed by atoms with Gasteiger partial charge in [-0.15, -0.1) is 12.4 Å². The summed E-state index contributed by atoms with van der Waals surface area (Å²) in [6.45, 7) is 2.49. The summed E-state index contributed by atoms with van der Waals surface area (Å²) in [4.78, 5) is 26.7. The SMILES string of the molecule is CNC(C(=O)Nc1ccc(CC(=O)N2CCOCC2)cc1)c1cnn(C)c1.Cl. The maximum absolute atomic E-state index is 12.5. The number of rotatable bonds is 6. The van der Waals surface area contributed by atoms with Crippen molar-refractivity contribution in [2.24, 2.45) is 7.05 Å². The second-order valence-electron chi connectivity index (χ2n) is 6.53. The molecular weight excluding hydrogens is 382 g/mol. The van der Waals surface area contributed by atoms with Crippen molar-refractivity contribution < 1.29 is 14.3 Å². The Bertz CT molecular complexity index is 787. The molecule has 28 heavy (non-hydrogen) atoms. The van der Waals surface area contributed by atoms with E-state index in [9.17, 15) is 9.59 Å². The number of morpholine rings is 1. The second-order valence-corrected chi connectivity index (χ2v) is 6.53. The molecule has 1 aliphatic heterocycles. The van der Waals surface area contributed by atoms with Gasteiger partial charge in [0.15, 0.2) is 0 Å². The molecule has 0 radical (unpaired) electrons. The fourth-order valence-electron chi connectivity index (χ4n) is 3.06.